The Hall–Kier alpha value is -2.14. The number of furan rings is 1. The third kappa shape index (κ3) is 2.31. The van der Waals surface area contributed by atoms with Crippen LogP contribution in [0.3, 0.4) is 0 Å². The molecule has 1 aliphatic heterocycles. The lowest BCUT2D eigenvalue weighted by molar-refractivity contribution is 0.379. The average molecular weight is 296 g/mol. The van der Waals surface area contributed by atoms with Gasteiger partial charge in [0.15, 0.2) is 17.2 Å². The molecule has 3 aromatic heterocycles. The summed E-state index contributed by atoms with van der Waals surface area (Å²) in [6.45, 7) is 5.19. The second kappa shape index (κ2) is 5.25. The van der Waals surface area contributed by atoms with Crippen LogP contribution in [0.4, 0.5) is 0 Å². The number of pyridine rings is 1. The van der Waals surface area contributed by atoms with Gasteiger partial charge in [0.1, 0.15) is 11.3 Å². The van der Waals surface area contributed by atoms with E-state index in [-0.39, 0.29) is 0 Å². The van der Waals surface area contributed by atoms with Gasteiger partial charge in [-0.15, -0.1) is 0 Å². The van der Waals surface area contributed by atoms with Gasteiger partial charge in [0.25, 0.3) is 0 Å². The molecular formula is C17H20N4O. The Balaban J connectivity index is 1.79. The fourth-order valence-electron chi connectivity index (χ4n) is 3.31. The molecule has 1 atom stereocenters. The van der Waals surface area contributed by atoms with Crippen LogP contribution in [0.25, 0.3) is 22.7 Å². The molecule has 0 bridgehead atoms. The maximum absolute atomic E-state index is 5.80. The van der Waals surface area contributed by atoms with E-state index < -0.39 is 0 Å². The molecule has 1 fully saturated rings. The summed E-state index contributed by atoms with van der Waals surface area (Å²) in [5.74, 6) is 3.25. The van der Waals surface area contributed by atoms with Crippen LogP contribution >= 0.6 is 0 Å². The molecule has 114 valence electrons. The first-order valence-corrected chi connectivity index (χ1v) is 7.77. The number of fused-ring (bicyclic) bond motifs is 1. The smallest absolute Gasteiger partial charge is 0.178 e. The second-order valence-electron chi connectivity index (χ2n) is 6.22. The highest BCUT2D eigenvalue weighted by molar-refractivity contribution is 5.75. The molecule has 0 radical (unpaired) electrons. The second-order valence-corrected chi connectivity index (χ2v) is 6.22. The summed E-state index contributed by atoms with van der Waals surface area (Å²) in [7, 11) is 2.18. The van der Waals surface area contributed by atoms with Gasteiger partial charge in [-0.2, -0.15) is 0 Å². The van der Waals surface area contributed by atoms with Crippen molar-refractivity contribution < 1.29 is 4.42 Å². The van der Waals surface area contributed by atoms with E-state index in [4.69, 9.17) is 9.40 Å². The van der Waals surface area contributed by atoms with E-state index in [0.29, 0.717) is 5.92 Å². The van der Waals surface area contributed by atoms with E-state index in [9.17, 15) is 0 Å². The van der Waals surface area contributed by atoms with E-state index >= 15 is 0 Å². The van der Waals surface area contributed by atoms with Crippen molar-refractivity contribution in [2.75, 3.05) is 20.1 Å². The van der Waals surface area contributed by atoms with Crippen LogP contribution in [0.15, 0.2) is 34.9 Å². The fourth-order valence-corrected chi connectivity index (χ4v) is 3.31. The maximum atomic E-state index is 5.80. The van der Waals surface area contributed by atoms with Crippen molar-refractivity contribution in [1.82, 2.24) is 19.4 Å². The van der Waals surface area contributed by atoms with Gasteiger partial charge in [0, 0.05) is 19.3 Å². The zero-order chi connectivity index (χ0) is 15.1. The molecule has 0 spiro atoms. The lowest BCUT2D eigenvalue weighted by Crippen LogP contribution is -2.17. The van der Waals surface area contributed by atoms with Crippen LogP contribution in [-0.4, -0.2) is 39.6 Å². The number of likely N-dealkylation sites (tertiary alicyclic amines) is 1. The summed E-state index contributed by atoms with van der Waals surface area (Å²) >= 11 is 0. The van der Waals surface area contributed by atoms with E-state index in [1.807, 2.05) is 37.4 Å². The first-order chi connectivity index (χ1) is 10.7. The number of rotatable bonds is 3. The first kappa shape index (κ1) is 13.5. The van der Waals surface area contributed by atoms with Gasteiger partial charge >= 0.3 is 0 Å². The molecule has 5 nitrogen and oxygen atoms in total. The summed E-state index contributed by atoms with van der Waals surface area (Å²) in [6, 6.07) is 7.92. The highest BCUT2D eigenvalue weighted by Gasteiger charge is 2.23. The molecule has 4 rings (SSSR count). The third-order valence-electron chi connectivity index (χ3n) is 4.39. The van der Waals surface area contributed by atoms with Crippen molar-refractivity contribution in [2.24, 2.45) is 5.92 Å². The minimum absolute atomic E-state index is 0.638. The van der Waals surface area contributed by atoms with Gasteiger partial charge in [-0.1, -0.05) is 0 Å². The molecule has 0 amide bonds. The van der Waals surface area contributed by atoms with Crippen LogP contribution < -0.4 is 0 Å². The normalized spacial score (nSPS) is 19.3. The van der Waals surface area contributed by atoms with Gasteiger partial charge < -0.3 is 13.9 Å². The monoisotopic (exact) mass is 296 g/mol. The zero-order valence-corrected chi connectivity index (χ0v) is 13.0. The standard InChI is InChI=1S/C17H20N4O/c1-12-5-6-15(22-12)17-19-14-4-3-8-18-16(14)21(17)11-13-7-9-20(2)10-13/h3-6,8,13H,7,9-11H2,1-2H3. The quantitative estimate of drug-likeness (QED) is 0.745. The molecule has 3 aromatic rings. The third-order valence-corrected chi connectivity index (χ3v) is 4.39. The van der Waals surface area contributed by atoms with Crippen molar-refractivity contribution in [3.8, 4) is 11.6 Å². The molecule has 1 aliphatic rings. The number of aromatic nitrogens is 3. The summed E-state index contributed by atoms with van der Waals surface area (Å²) in [5, 5.41) is 0. The molecule has 4 heterocycles. The average Bonchev–Trinajstić information content (AvgIpc) is 3.20. The Morgan fingerprint density at radius 3 is 2.95 bits per heavy atom. The number of nitrogens with zero attached hydrogens (tertiary/aromatic N) is 4. The highest BCUT2D eigenvalue weighted by atomic mass is 16.3. The zero-order valence-electron chi connectivity index (χ0n) is 13.0. The molecule has 0 saturated carbocycles. The van der Waals surface area contributed by atoms with E-state index in [1.54, 1.807) is 0 Å². The van der Waals surface area contributed by atoms with E-state index in [1.165, 1.54) is 13.0 Å². The van der Waals surface area contributed by atoms with Gasteiger partial charge in [-0.05, 0) is 57.1 Å². The number of hydrogen-bond acceptors (Lipinski definition) is 4. The molecule has 0 N–H and O–H groups in total. The summed E-state index contributed by atoms with van der Waals surface area (Å²) in [6.07, 6.45) is 3.05. The highest BCUT2D eigenvalue weighted by Crippen LogP contribution is 2.28. The lowest BCUT2D eigenvalue weighted by atomic mass is 10.1. The first-order valence-electron chi connectivity index (χ1n) is 7.77. The predicted octanol–water partition coefficient (Wildman–Crippen LogP) is 2.95. The molecule has 1 unspecified atom stereocenters. The van der Waals surface area contributed by atoms with Gasteiger partial charge in [0.2, 0.25) is 0 Å². The van der Waals surface area contributed by atoms with E-state index in [2.05, 4.69) is 21.5 Å². The Kier molecular flexibility index (Phi) is 3.22. The maximum Gasteiger partial charge on any atom is 0.178 e. The van der Waals surface area contributed by atoms with Gasteiger partial charge in [-0.25, -0.2) is 9.97 Å². The number of imidazole rings is 1. The minimum atomic E-state index is 0.638. The largest absolute Gasteiger partial charge is 0.458 e. The Morgan fingerprint density at radius 2 is 2.23 bits per heavy atom. The Bertz CT molecular complexity index is 804. The van der Waals surface area contributed by atoms with Crippen LogP contribution in [0.2, 0.25) is 0 Å². The Labute approximate surface area is 129 Å². The Morgan fingerprint density at radius 1 is 1.32 bits per heavy atom. The van der Waals surface area contributed by atoms with Crippen LogP contribution in [0.5, 0.6) is 0 Å². The van der Waals surface area contributed by atoms with Crippen molar-refractivity contribution in [2.45, 2.75) is 19.9 Å². The molecule has 0 aromatic carbocycles. The summed E-state index contributed by atoms with van der Waals surface area (Å²) < 4.78 is 8.02. The van der Waals surface area contributed by atoms with Gasteiger partial charge in [0.05, 0.1) is 0 Å². The summed E-state index contributed by atoms with van der Waals surface area (Å²) in [5.41, 5.74) is 1.87. The van der Waals surface area contributed by atoms with Gasteiger partial charge in [-0.3, -0.25) is 0 Å². The van der Waals surface area contributed by atoms with Crippen LogP contribution in [0, 0.1) is 12.8 Å². The van der Waals surface area contributed by atoms with Crippen LogP contribution in [-0.2, 0) is 6.54 Å². The molecule has 5 heteroatoms. The number of aryl methyl sites for hydroxylation is 1. The van der Waals surface area contributed by atoms with Crippen LogP contribution in [0.1, 0.15) is 12.2 Å². The van der Waals surface area contributed by atoms with Crippen molar-refractivity contribution in [3.05, 3.63) is 36.2 Å². The number of hydrogen-bond donors (Lipinski definition) is 0. The molecular weight excluding hydrogens is 276 g/mol. The topological polar surface area (TPSA) is 47.1 Å². The van der Waals surface area contributed by atoms with Crippen molar-refractivity contribution in [1.29, 1.82) is 0 Å². The van der Waals surface area contributed by atoms with Crippen molar-refractivity contribution in [3.63, 3.8) is 0 Å². The minimum Gasteiger partial charge on any atom is -0.458 e. The SMILES string of the molecule is Cc1ccc(-c2nc3cccnc3n2CC2CCN(C)C2)o1. The molecule has 1 saturated heterocycles. The van der Waals surface area contributed by atoms with E-state index in [0.717, 1.165) is 41.6 Å². The summed E-state index contributed by atoms with van der Waals surface area (Å²) in [4.78, 5) is 11.7. The van der Waals surface area contributed by atoms with Crippen molar-refractivity contribution >= 4 is 11.2 Å². The molecule has 22 heavy (non-hydrogen) atoms. The predicted molar refractivity (Wildman–Crippen MR) is 85.6 cm³/mol. The molecule has 0 aliphatic carbocycles. The fraction of sp³-hybridized carbons (Fsp3) is 0.412. The lowest BCUT2D eigenvalue weighted by Gasteiger charge is -2.13.